The summed E-state index contributed by atoms with van der Waals surface area (Å²) in [5.41, 5.74) is 0.625. The topological polar surface area (TPSA) is 101 Å². The first-order valence-electron chi connectivity index (χ1n) is 10.6. The van der Waals surface area contributed by atoms with E-state index in [-0.39, 0.29) is 23.6 Å². The van der Waals surface area contributed by atoms with E-state index in [4.69, 9.17) is 16.3 Å². The minimum atomic E-state index is -3.70. The van der Waals surface area contributed by atoms with Crippen molar-refractivity contribution < 1.29 is 22.3 Å². The van der Waals surface area contributed by atoms with Crippen molar-refractivity contribution in [1.82, 2.24) is 15.2 Å². The third-order valence-electron chi connectivity index (χ3n) is 5.32. The van der Waals surface area contributed by atoms with Crippen molar-refractivity contribution in [3.05, 3.63) is 65.0 Å². The van der Waals surface area contributed by atoms with Gasteiger partial charge in [-0.1, -0.05) is 24.3 Å². The first-order chi connectivity index (χ1) is 16.2. The number of hydrogen-bond acceptors (Lipinski definition) is 7. The molecule has 2 N–H and O–H groups in total. The summed E-state index contributed by atoms with van der Waals surface area (Å²) in [6.07, 6.45) is 6.07. The van der Waals surface area contributed by atoms with E-state index in [0.29, 0.717) is 42.5 Å². The standard InChI is InChI=1S/C22H26ClFN4O4S2/c1-3-4-20(15(2)34(30,31)27-22-25-9-12-33-22)28-10-7-16(8-11-28)26-21(29)14-32-17-5-6-19(24)18(23)13-17/h3-6,9,12-13,15-16H,1,7-8,10-11,14H2,2H3,(H,25,27)(H,26,29)/b20-4+. The lowest BCUT2D eigenvalue weighted by Crippen LogP contribution is -2.47. The van der Waals surface area contributed by atoms with Crippen molar-refractivity contribution in [1.29, 1.82) is 0 Å². The molecule has 184 valence electrons. The van der Waals surface area contributed by atoms with Gasteiger partial charge >= 0.3 is 0 Å². The number of carbonyl (C=O) groups is 1. The molecule has 1 saturated heterocycles. The highest BCUT2D eigenvalue weighted by atomic mass is 35.5. The van der Waals surface area contributed by atoms with Gasteiger partial charge in [0.15, 0.2) is 11.7 Å². The Kier molecular flexibility index (Phi) is 8.92. The molecular weight excluding hydrogens is 503 g/mol. The first kappa shape index (κ1) is 26.0. The van der Waals surface area contributed by atoms with Crippen molar-refractivity contribution in [2.75, 3.05) is 24.4 Å². The highest BCUT2D eigenvalue weighted by Crippen LogP contribution is 2.24. The smallest absolute Gasteiger partial charge is 0.258 e. The zero-order valence-electron chi connectivity index (χ0n) is 18.5. The number of piperidine rings is 1. The fraction of sp³-hybridized carbons (Fsp3) is 0.364. The largest absolute Gasteiger partial charge is 0.484 e. The van der Waals surface area contributed by atoms with Crippen LogP contribution in [-0.2, 0) is 14.8 Å². The van der Waals surface area contributed by atoms with Gasteiger partial charge in [-0.2, -0.15) is 0 Å². The molecule has 2 heterocycles. The van der Waals surface area contributed by atoms with Gasteiger partial charge in [0.1, 0.15) is 16.8 Å². The van der Waals surface area contributed by atoms with Crippen LogP contribution in [0.3, 0.4) is 0 Å². The number of thiazole rings is 1. The SMILES string of the molecule is C=C/C=C(\C(C)S(=O)(=O)Nc1nccs1)N1CCC(NC(=O)COc2ccc(F)c(Cl)c2)CC1. The van der Waals surface area contributed by atoms with Crippen LogP contribution < -0.4 is 14.8 Å². The van der Waals surface area contributed by atoms with Crippen molar-refractivity contribution in [2.24, 2.45) is 0 Å². The molecule has 3 rings (SSSR count). The molecule has 2 aromatic rings. The predicted octanol–water partition coefficient (Wildman–Crippen LogP) is 3.80. The van der Waals surface area contributed by atoms with Gasteiger partial charge in [0.2, 0.25) is 10.0 Å². The number of benzene rings is 1. The number of likely N-dealkylation sites (tertiary alicyclic amines) is 1. The summed E-state index contributed by atoms with van der Waals surface area (Å²) < 4.78 is 46.8. The molecule has 0 aliphatic carbocycles. The van der Waals surface area contributed by atoms with E-state index in [1.807, 2.05) is 4.90 Å². The van der Waals surface area contributed by atoms with Crippen molar-refractivity contribution >= 4 is 44.0 Å². The Morgan fingerprint density at radius 3 is 2.79 bits per heavy atom. The van der Waals surface area contributed by atoms with Gasteiger partial charge < -0.3 is 15.0 Å². The van der Waals surface area contributed by atoms with Gasteiger partial charge in [-0.3, -0.25) is 9.52 Å². The maximum Gasteiger partial charge on any atom is 0.258 e. The molecule has 1 unspecified atom stereocenters. The van der Waals surface area contributed by atoms with E-state index in [1.54, 1.807) is 24.5 Å². The summed E-state index contributed by atoms with van der Waals surface area (Å²) >= 11 is 6.93. The number of halogens is 2. The normalized spacial score (nSPS) is 16.1. The van der Waals surface area contributed by atoms with Crippen LogP contribution in [0, 0.1) is 5.82 Å². The zero-order chi connectivity index (χ0) is 24.7. The van der Waals surface area contributed by atoms with Crippen molar-refractivity contribution in [3.8, 4) is 5.75 Å². The van der Waals surface area contributed by atoms with E-state index in [2.05, 4.69) is 21.6 Å². The Hall–Kier alpha value is -2.63. The molecule has 0 spiro atoms. The van der Waals surface area contributed by atoms with E-state index in [9.17, 15) is 17.6 Å². The molecule has 0 radical (unpaired) electrons. The minimum absolute atomic E-state index is 0.0745. The molecule has 1 fully saturated rings. The van der Waals surface area contributed by atoms with E-state index >= 15 is 0 Å². The van der Waals surface area contributed by atoms with Crippen LogP contribution in [0.5, 0.6) is 5.75 Å². The Morgan fingerprint density at radius 1 is 1.44 bits per heavy atom. The van der Waals surface area contributed by atoms with Gasteiger partial charge in [0, 0.05) is 42.5 Å². The second-order valence-electron chi connectivity index (χ2n) is 7.65. The quantitative estimate of drug-likeness (QED) is 0.455. The number of carbonyl (C=O) groups excluding carboxylic acids is 1. The summed E-state index contributed by atoms with van der Waals surface area (Å²) in [4.78, 5) is 18.2. The van der Waals surface area contributed by atoms with Crippen molar-refractivity contribution in [2.45, 2.75) is 31.1 Å². The highest BCUT2D eigenvalue weighted by molar-refractivity contribution is 7.93. The number of rotatable bonds is 10. The van der Waals surface area contributed by atoms with Gasteiger partial charge in [-0.15, -0.1) is 11.3 Å². The number of aromatic nitrogens is 1. The van der Waals surface area contributed by atoms with E-state index in [1.165, 1.54) is 35.7 Å². The number of nitrogens with zero attached hydrogens (tertiary/aromatic N) is 2. The summed E-state index contributed by atoms with van der Waals surface area (Å²) in [6, 6.07) is 3.82. The number of nitrogens with one attached hydrogen (secondary N) is 2. The van der Waals surface area contributed by atoms with Gasteiger partial charge in [-0.05, 0) is 38.0 Å². The number of ether oxygens (including phenoxy) is 1. The molecule has 1 amide bonds. The molecular formula is C22H26ClFN4O4S2. The van der Waals surface area contributed by atoms with Crippen LogP contribution in [0.15, 0.2) is 54.2 Å². The van der Waals surface area contributed by atoms with Crippen LogP contribution in [0.2, 0.25) is 5.02 Å². The molecule has 8 nitrogen and oxygen atoms in total. The monoisotopic (exact) mass is 528 g/mol. The second kappa shape index (κ2) is 11.7. The number of anilines is 1. The molecule has 1 aliphatic rings. The van der Waals surface area contributed by atoms with Crippen LogP contribution in [0.1, 0.15) is 19.8 Å². The van der Waals surface area contributed by atoms with Gasteiger partial charge in [0.05, 0.1) is 5.02 Å². The minimum Gasteiger partial charge on any atom is -0.484 e. The molecule has 1 aliphatic heterocycles. The highest BCUT2D eigenvalue weighted by Gasteiger charge is 2.31. The Labute approximate surface area is 207 Å². The van der Waals surface area contributed by atoms with Gasteiger partial charge in [0.25, 0.3) is 5.91 Å². The summed E-state index contributed by atoms with van der Waals surface area (Å²) in [6.45, 7) is 6.25. The zero-order valence-corrected chi connectivity index (χ0v) is 20.9. The van der Waals surface area contributed by atoms with E-state index in [0.717, 1.165) is 0 Å². The lowest BCUT2D eigenvalue weighted by Gasteiger charge is -2.37. The molecule has 0 bridgehead atoms. The van der Waals surface area contributed by atoms with Crippen LogP contribution in [0.4, 0.5) is 9.52 Å². The van der Waals surface area contributed by atoms with E-state index < -0.39 is 21.1 Å². The number of amides is 1. The number of allylic oxidation sites excluding steroid dienone is 2. The summed E-state index contributed by atoms with van der Waals surface area (Å²) in [7, 11) is -3.70. The first-order valence-corrected chi connectivity index (χ1v) is 13.4. The lowest BCUT2D eigenvalue weighted by molar-refractivity contribution is -0.124. The second-order valence-corrected chi connectivity index (χ2v) is 11.0. The lowest BCUT2D eigenvalue weighted by atomic mass is 10.0. The summed E-state index contributed by atoms with van der Waals surface area (Å²) in [5.74, 6) is -0.558. The molecule has 1 atom stereocenters. The van der Waals surface area contributed by atoms with Crippen LogP contribution >= 0.6 is 22.9 Å². The third-order valence-corrected chi connectivity index (χ3v) is 8.08. The Morgan fingerprint density at radius 2 is 2.18 bits per heavy atom. The molecule has 12 heteroatoms. The van der Waals surface area contributed by atoms with Crippen LogP contribution in [0.25, 0.3) is 0 Å². The predicted molar refractivity (Wildman–Crippen MR) is 132 cm³/mol. The number of hydrogen-bond donors (Lipinski definition) is 2. The maximum absolute atomic E-state index is 13.2. The molecule has 1 aromatic carbocycles. The molecule has 0 saturated carbocycles. The maximum atomic E-state index is 13.2. The fourth-order valence-electron chi connectivity index (χ4n) is 3.53. The number of sulfonamides is 1. The fourth-order valence-corrected chi connectivity index (χ4v) is 5.63. The average molecular weight is 529 g/mol. The third kappa shape index (κ3) is 6.94. The van der Waals surface area contributed by atoms with Gasteiger partial charge in [-0.25, -0.2) is 17.8 Å². The van der Waals surface area contributed by atoms with Crippen molar-refractivity contribution in [3.63, 3.8) is 0 Å². The van der Waals surface area contributed by atoms with Crippen LogP contribution in [-0.4, -0.2) is 55.2 Å². The molecule has 34 heavy (non-hydrogen) atoms. The summed E-state index contributed by atoms with van der Waals surface area (Å²) in [5, 5.41) is 4.03. The Bertz CT molecular complexity index is 1130. The average Bonchev–Trinajstić information content (AvgIpc) is 3.31. The molecule has 1 aromatic heterocycles. The Balaban J connectivity index is 1.52.